The first-order chi connectivity index (χ1) is 9.08. The van der Waals surface area contributed by atoms with Crippen LogP contribution in [0.4, 0.5) is 11.4 Å². The highest BCUT2D eigenvalue weighted by molar-refractivity contribution is 7.09. The molecule has 1 amide bonds. The van der Waals surface area contributed by atoms with E-state index in [1.807, 2.05) is 5.38 Å². The number of nitrogens with two attached hydrogens (primary N) is 1. The first kappa shape index (κ1) is 13.0. The maximum Gasteiger partial charge on any atom is 0.292 e. The van der Waals surface area contributed by atoms with Gasteiger partial charge in [-0.25, -0.2) is 4.98 Å². The number of rotatable bonds is 5. The summed E-state index contributed by atoms with van der Waals surface area (Å²) in [5.74, 6) is -0.632. The van der Waals surface area contributed by atoms with Crippen LogP contribution in [0.1, 0.15) is 15.4 Å². The Hall–Kier alpha value is -2.48. The lowest BCUT2D eigenvalue weighted by Gasteiger charge is -2.06. The molecule has 0 saturated carbocycles. The van der Waals surface area contributed by atoms with Crippen LogP contribution in [0.3, 0.4) is 0 Å². The van der Waals surface area contributed by atoms with Gasteiger partial charge < -0.3 is 11.1 Å². The smallest absolute Gasteiger partial charge is 0.292 e. The number of aromatic nitrogens is 1. The minimum absolute atomic E-state index is 0.110. The molecular weight excluding hydrogens is 268 g/mol. The number of nitrogens with zero attached hydrogens (tertiary/aromatic N) is 2. The highest BCUT2D eigenvalue weighted by Gasteiger charge is 2.15. The van der Waals surface area contributed by atoms with Gasteiger partial charge in [-0.3, -0.25) is 14.9 Å². The molecule has 98 valence electrons. The third-order valence-electron chi connectivity index (χ3n) is 2.39. The van der Waals surface area contributed by atoms with Crippen LogP contribution in [0, 0.1) is 10.1 Å². The van der Waals surface area contributed by atoms with Crippen molar-refractivity contribution in [1.82, 2.24) is 4.98 Å². The van der Waals surface area contributed by atoms with Crippen molar-refractivity contribution in [3.05, 3.63) is 50.5 Å². The van der Waals surface area contributed by atoms with Crippen LogP contribution in [0.25, 0.3) is 0 Å². The average Bonchev–Trinajstić information content (AvgIpc) is 2.88. The van der Waals surface area contributed by atoms with Crippen molar-refractivity contribution in [2.45, 2.75) is 6.54 Å². The van der Waals surface area contributed by atoms with E-state index < -0.39 is 10.8 Å². The molecule has 3 N–H and O–H groups in total. The van der Waals surface area contributed by atoms with E-state index in [1.54, 1.807) is 6.20 Å². The summed E-state index contributed by atoms with van der Waals surface area (Å²) in [5, 5.41) is 16.4. The largest absolute Gasteiger partial charge is 0.373 e. The Morgan fingerprint density at radius 3 is 2.89 bits per heavy atom. The lowest BCUT2D eigenvalue weighted by Crippen LogP contribution is -2.12. The number of nitro benzene ring substituents is 1. The van der Waals surface area contributed by atoms with Gasteiger partial charge in [-0.05, 0) is 12.1 Å². The van der Waals surface area contributed by atoms with Gasteiger partial charge in [0, 0.05) is 23.2 Å². The lowest BCUT2D eigenvalue weighted by atomic mass is 10.1. The molecule has 0 fully saturated rings. The molecule has 1 aromatic carbocycles. The molecule has 0 aliphatic rings. The standard InChI is InChI=1S/C11H10N4O3S/c12-11(16)7-1-2-9(15(17)18)8(5-7)14-6-10-13-3-4-19-10/h1-5,14H,6H2,(H2,12,16). The fourth-order valence-corrected chi connectivity index (χ4v) is 2.06. The van der Waals surface area contributed by atoms with Crippen molar-refractivity contribution in [3.8, 4) is 0 Å². The molecule has 1 heterocycles. The van der Waals surface area contributed by atoms with E-state index in [0.717, 1.165) is 5.01 Å². The zero-order chi connectivity index (χ0) is 13.8. The van der Waals surface area contributed by atoms with E-state index >= 15 is 0 Å². The van der Waals surface area contributed by atoms with Gasteiger partial charge in [0.25, 0.3) is 5.69 Å². The molecule has 0 bridgehead atoms. The maximum absolute atomic E-state index is 11.1. The van der Waals surface area contributed by atoms with Crippen molar-refractivity contribution in [1.29, 1.82) is 0 Å². The SMILES string of the molecule is NC(=O)c1ccc([N+](=O)[O-])c(NCc2nccs2)c1. The van der Waals surface area contributed by atoms with Crippen LogP contribution < -0.4 is 11.1 Å². The number of benzene rings is 1. The van der Waals surface area contributed by atoms with Crippen LogP contribution in [0.2, 0.25) is 0 Å². The quantitative estimate of drug-likeness (QED) is 0.639. The second-order valence-corrected chi connectivity index (χ2v) is 4.61. The molecule has 7 nitrogen and oxygen atoms in total. The summed E-state index contributed by atoms with van der Waals surface area (Å²) in [6, 6.07) is 3.95. The summed E-state index contributed by atoms with van der Waals surface area (Å²) in [6.45, 7) is 0.348. The minimum atomic E-state index is -0.632. The first-order valence-electron chi connectivity index (χ1n) is 5.28. The molecule has 0 radical (unpaired) electrons. The van der Waals surface area contributed by atoms with Crippen molar-refractivity contribution in [2.75, 3.05) is 5.32 Å². The topological polar surface area (TPSA) is 111 Å². The Kier molecular flexibility index (Phi) is 3.71. The summed E-state index contributed by atoms with van der Waals surface area (Å²) < 4.78 is 0. The Morgan fingerprint density at radius 2 is 2.32 bits per heavy atom. The number of hydrogen-bond acceptors (Lipinski definition) is 6. The zero-order valence-corrected chi connectivity index (χ0v) is 10.5. The van der Waals surface area contributed by atoms with E-state index in [0.29, 0.717) is 6.54 Å². The summed E-state index contributed by atoms with van der Waals surface area (Å²) in [6.07, 6.45) is 1.65. The number of amides is 1. The van der Waals surface area contributed by atoms with Gasteiger partial charge in [-0.2, -0.15) is 0 Å². The van der Waals surface area contributed by atoms with Crippen molar-refractivity contribution < 1.29 is 9.72 Å². The fraction of sp³-hybridized carbons (Fsp3) is 0.0909. The number of nitro groups is 1. The average molecular weight is 278 g/mol. The van der Waals surface area contributed by atoms with Crippen LogP contribution >= 0.6 is 11.3 Å². The summed E-state index contributed by atoms with van der Waals surface area (Å²) in [7, 11) is 0. The molecule has 8 heteroatoms. The number of carbonyl (C=O) groups excluding carboxylic acids is 1. The van der Waals surface area contributed by atoms with Gasteiger partial charge >= 0.3 is 0 Å². The van der Waals surface area contributed by atoms with Crippen LogP contribution in [-0.4, -0.2) is 15.8 Å². The molecule has 2 rings (SSSR count). The van der Waals surface area contributed by atoms with Crippen LogP contribution in [0.5, 0.6) is 0 Å². The number of nitrogens with one attached hydrogen (secondary N) is 1. The van der Waals surface area contributed by atoms with Gasteiger partial charge in [0.15, 0.2) is 0 Å². The number of hydrogen-bond donors (Lipinski definition) is 2. The van der Waals surface area contributed by atoms with Crippen molar-refractivity contribution in [2.24, 2.45) is 5.73 Å². The Morgan fingerprint density at radius 1 is 1.53 bits per heavy atom. The zero-order valence-electron chi connectivity index (χ0n) is 9.70. The predicted molar refractivity (Wildman–Crippen MR) is 71.1 cm³/mol. The minimum Gasteiger partial charge on any atom is -0.373 e. The molecule has 0 aliphatic carbocycles. The van der Waals surface area contributed by atoms with Gasteiger partial charge in [0.2, 0.25) is 5.91 Å². The molecule has 2 aromatic rings. The molecule has 0 atom stereocenters. The highest BCUT2D eigenvalue weighted by atomic mass is 32.1. The third-order valence-corrected chi connectivity index (χ3v) is 3.17. The van der Waals surface area contributed by atoms with Crippen LogP contribution in [-0.2, 0) is 6.54 Å². The molecule has 19 heavy (non-hydrogen) atoms. The number of carbonyl (C=O) groups is 1. The van der Waals surface area contributed by atoms with E-state index in [2.05, 4.69) is 10.3 Å². The Bertz CT molecular complexity index is 612. The molecule has 1 aromatic heterocycles. The monoisotopic (exact) mass is 278 g/mol. The Labute approximate surface area is 112 Å². The van der Waals surface area contributed by atoms with Gasteiger partial charge in [0.05, 0.1) is 11.5 Å². The summed E-state index contributed by atoms with van der Waals surface area (Å²) >= 11 is 1.43. The molecular formula is C11H10N4O3S. The van der Waals surface area contributed by atoms with Crippen molar-refractivity contribution >= 4 is 28.6 Å². The molecule has 0 spiro atoms. The van der Waals surface area contributed by atoms with Gasteiger partial charge in [-0.15, -0.1) is 11.3 Å². The second-order valence-electron chi connectivity index (χ2n) is 3.63. The molecule has 0 saturated heterocycles. The number of thiazole rings is 1. The second kappa shape index (κ2) is 5.44. The van der Waals surface area contributed by atoms with Crippen LogP contribution in [0.15, 0.2) is 29.8 Å². The van der Waals surface area contributed by atoms with E-state index in [1.165, 1.54) is 29.5 Å². The van der Waals surface area contributed by atoms with Gasteiger partial charge in [-0.1, -0.05) is 0 Å². The van der Waals surface area contributed by atoms with E-state index in [4.69, 9.17) is 5.73 Å². The fourth-order valence-electron chi connectivity index (χ4n) is 1.50. The number of anilines is 1. The van der Waals surface area contributed by atoms with Crippen molar-refractivity contribution in [3.63, 3.8) is 0 Å². The highest BCUT2D eigenvalue weighted by Crippen LogP contribution is 2.26. The predicted octanol–water partition coefficient (Wildman–Crippen LogP) is 1.76. The first-order valence-corrected chi connectivity index (χ1v) is 6.16. The summed E-state index contributed by atoms with van der Waals surface area (Å²) in [4.78, 5) is 25.5. The number of primary amides is 1. The Balaban J connectivity index is 2.27. The normalized spacial score (nSPS) is 10.1. The van der Waals surface area contributed by atoms with Gasteiger partial charge in [0.1, 0.15) is 10.7 Å². The molecule has 0 aliphatic heterocycles. The maximum atomic E-state index is 11.1. The lowest BCUT2D eigenvalue weighted by molar-refractivity contribution is -0.384. The third kappa shape index (κ3) is 3.05. The summed E-state index contributed by atoms with van der Waals surface area (Å²) in [5.41, 5.74) is 5.50. The molecule has 0 unspecified atom stereocenters. The van der Waals surface area contributed by atoms with E-state index in [9.17, 15) is 14.9 Å². The van der Waals surface area contributed by atoms with E-state index in [-0.39, 0.29) is 16.9 Å².